The molecule has 3 heteroatoms. The van der Waals surface area contributed by atoms with Crippen molar-refractivity contribution in [2.24, 2.45) is 0 Å². The highest BCUT2D eigenvalue weighted by Crippen LogP contribution is 2.18. The highest BCUT2D eigenvalue weighted by molar-refractivity contribution is 7.80. The molecular formula is C9H9NOS. The Morgan fingerprint density at radius 3 is 2.75 bits per heavy atom. The van der Waals surface area contributed by atoms with E-state index < -0.39 is 0 Å². The van der Waals surface area contributed by atoms with Crippen molar-refractivity contribution in [1.82, 2.24) is 0 Å². The van der Waals surface area contributed by atoms with Crippen LogP contribution in [0, 0.1) is 0 Å². The minimum Gasteiger partial charge on any atom is -0.322 e. The van der Waals surface area contributed by atoms with Crippen LogP contribution in [0.1, 0.15) is 0 Å². The van der Waals surface area contributed by atoms with Crippen LogP contribution in [-0.4, -0.2) is 5.91 Å². The van der Waals surface area contributed by atoms with Crippen molar-refractivity contribution in [3.63, 3.8) is 0 Å². The largest absolute Gasteiger partial charge is 0.322 e. The molecule has 1 aromatic carbocycles. The molecule has 0 saturated carbocycles. The lowest BCUT2D eigenvalue weighted by atomic mass is 10.3. The Bertz CT molecular complexity index is 309. The SMILES string of the molecule is C=CC(=O)Nc1ccccc1S. The summed E-state index contributed by atoms with van der Waals surface area (Å²) < 4.78 is 0. The first-order chi connectivity index (χ1) is 5.74. The molecule has 1 aromatic rings. The van der Waals surface area contributed by atoms with Crippen molar-refractivity contribution in [3.8, 4) is 0 Å². The summed E-state index contributed by atoms with van der Waals surface area (Å²) in [5.74, 6) is -0.225. The lowest BCUT2D eigenvalue weighted by molar-refractivity contribution is -0.111. The Hall–Kier alpha value is -1.22. The zero-order valence-corrected chi connectivity index (χ0v) is 7.34. The normalized spacial score (nSPS) is 9.08. The first-order valence-electron chi connectivity index (χ1n) is 3.45. The maximum absolute atomic E-state index is 10.9. The highest BCUT2D eigenvalue weighted by atomic mass is 32.1. The molecule has 2 nitrogen and oxygen atoms in total. The number of carbonyl (C=O) groups is 1. The van der Waals surface area contributed by atoms with Gasteiger partial charge in [0.2, 0.25) is 5.91 Å². The molecule has 1 rings (SSSR count). The third kappa shape index (κ3) is 2.13. The van der Waals surface area contributed by atoms with Crippen molar-refractivity contribution in [1.29, 1.82) is 0 Å². The van der Waals surface area contributed by atoms with Gasteiger partial charge in [-0.15, -0.1) is 12.6 Å². The number of anilines is 1. The minimum atomic E-state index is -0.225. The molecule has 0 spiro atoms. The van der Waals surface area contributed by atoms with Gasteiger partial charge in [0, 0.05) is 4.90 Å². The number of carbonyl (C=O) groups excluding carboxylic acids is 1. The Morgan fingerprint density at radius 2 is 2.17 bits per heavy atom. The van der Waals surface area contributed by atoms with Crippen molar-refractivity contribution in [3.05, 3.63) is 36.9 Å². The molecule has 62 valence electrons. The van der Waals surface area contributed by atoms with Gasteiger partial charge in [0.1, 0.15) is 0 Å². The second-order valence-electron chi connectivity index (χ2n) is 2.21. The molecule has 0 aliphatic carbocycles. The van der Waals surface area contributed by atoms with Crippen LogP contribution in [0.3, 0.4) is 0 Å². The van der Waals surface area contributed by atoms with Gasteiger partial charge in [-0.05, 0) is 18.2 Å². The standard InChI is InChI=1S/C9H9NOS/c1-2-9(11)10-7-5-3-4-6-8(7)12/h2-6,12H,1H2,(H,10,11). The van der Waals surface area contributed by atoms with E-state index in [1.807, 2.05) is 18.2 Å². The predicted molar refractivity (Wildman–Crippen MR) is 52.5 cm³/mol. The zero-order chi connectivity index (χ0) is 8.97. The number of para-hydroxylation sites is 1. The van der Waals surface area contributed by atoms with Gasteiger partial charge in [0.15, 0.2) is 0 Å². The topological polar surface area (TPSA) is 29.1 Å². The van der Waals surface area contributed by atoms with E-state index in [1.54, 1.807) is 6.07 Å². The summed E-state index contributed by atoms with van der Waals surface area (Å²) in [5.41, 5.74) is 0.700. The van der Waals surface area contributed by atoms with E-state index in [-0.39, 0.29) is 5.91 Å². The number of amides is 1. The van der Waals surface area contributed by atoms with Crippen LogP contribution in [-0.2, 0) is 4.79 Å². The molecule has 1 amide bonds. The monoisotopic (exact) mass is 179 g/mol. The average molecular weight is 179 g/mol. The van der Waals surface area contributed by atoms with Crippen molar-refractivity contribution in [2.45, 2.75) is 4.90 Å². The van der Waals surface area contributed by atoms with Crippen molar-refractivity contribution in [2.75, 3.05) is 5.32 Å². The van der Waals surface area contributed by atoms with Crippen molar-refractivity contribution < 1.29 is 4.79 Å². The van der Waals surface area contributed by atoms with Crippen LogP contribution in [0.2, 0.25) is 0 Å². The number of hydrogen-bond acceptors (Lipinski definition) is 2. The Morgan fingerprint density at radius 1 is 1.50 bits per heavy atom. The first kappa shape index (κ1) is 8.87. The van der Waals surface area contributed by atoms with E-state index in [1.165, 1.54) is 6.08 Å². The molecular weight excluding hydrogens is 170 g/mol. The van der Waals surface area contributed by atoms with Gasteiger partial charge in [-0.2, -0.15) is 0 Å². The van der Waals surface area contributed by atoms with Gasteiger partial charge in [-0.25, -0.2) is 0 Å². The van der Waals surface area contributed by atoms with E-state index in [9.17, 15) is 4.79 Å². The molecule has 0 saturated heterocycles. The van der Waals surface area contributed by atoms with Gasteiger partial charge in [-0.1, -0.05) is 18.7 Å². The van der Waals surface area contributed by atoms with Gasteiger partial charge in [-0.3, -0.25) is 4.79 Å². The van der Waals surface area contributed by atoms with E-state index in [4.69, 9.17) is 0 Å². The van der Waals surface area contributed by atoms with E-state index >= 15 is 0 Å². The molecule has 0 heterocycles. The van der Waals surface area contributed by atoms with Crippen LogP contribution < -0.4 is 5.32 Å². The molecule has 0 radical (unpaired) electrons. The fourth-order valence-corrected chi connectivity index (χ4v) is 0.980. The van der Waals surface area contributed by atoms with Gasteiger partial charge in [0.25, 0.3) is 0 Å². The fraction of sp³-hybridized carbons (Fsp3) is 0. The quantitative estimate of drug-likeness (QED) is 0.528. The van der Waals surface area contributed by atoms with E-state index in [0.717, 1.165) is 4.90 Å². The van der Waals surface area contributed by atoms with Gasteiger partial charge >= 0.3 is 0 Å². The number of rotatable bonds is 2. The first-order valence-corrected chi connectivity index (χ1v) is 3.90. The highest BCUT2D eigenvalue weighted by Gasteiger charge is 1.98. The molecule has 0 aliphatic heterocycles. The summed E-state index contributed by atoms with van der Waals surface area (Å²) in [4.78, 5) is 11.6. The van der Waals surface area contributed by atoms with E-state index in [0.29, 0.717) is 5.69 Å². The van der Waals surface area contributed by atoms with Crippen molar-refractivity contribution >= 4 is 24.2 Å². The Kier molecular flexibility index (Phi) is 2.94. The smallest absolute Gasteiger partial charge is 0.247 e. The molecule has 12 heavy (non-hydrogen) atoms. The maximum atomic E-state index is 10.9. The lowest BCUT2D eigenvalue weighted by Gasteiger charge is -2.03. The number of hydrogen-bond donors (Lipinski definition) is 2. The Balaban J connectivity index is 2.82. The summed E-state index contributed by atoms with van der Waals surface area (Å²) in [6, 6.07) is 7.27. The summed E-state index contributed by atoms with van der Waals surface area (Å²) in [5, 5.41) is 2.63. The molecule has 0 atom stereocenters. The summed E-state index contributed by atoms with van der Waals surface area (Å²) >= 11 is 4.16. The average Bonchev–Trinajstić information content (AvgIpc) is 2.09. The maximum Gasteiger partial charge on any atom is 0.247 e. The molecule has 0 aliphatic rings. The van der Waals surface area contributed by atoms with Crippen LogP contribution >= 0.6 is 12.6 Å². The molecule has 0 unspecified atom stereocenters. The Labute approximate surface area is 76.7 Å². The zero-order valence-electron chi connectivity index (χ0n) is 6.45. The number of benzene rings is 1. The van der Waals surface area contributed by atoms with Crippen LogP contribution in [0.15, 0.2) is 41.8 Å². The van der Waals surface area contributed by atoms with Crippen LogP contribution in [0.4, 0.5) is 5.69 Å². The van der Waals surface area contributed by atoms with Crippen LogP contribution in [0.25, 0.3) is 0 Å². The van der Waals surface area contributed by atoms with E-state index in [2.05, 4.69) is 24.5 Å². The molecule has 0 aromatic heterocycles. The van der Waals surface area contributed by atoms with Gasteiger partial charge in [0.05, 0.1) is 5.69 Å². The summed E-state index contributed by atoms with van der Waals surface area (Å²) in [6.07, 6.45) is 1.22. The fourth-order valence-electron chi connectivity index (χ4n) is 0.763. The summed E-state index contributed by atoms with van der Waals surface area (Å²) in [7, 11) is 0. The summed E-state index contributed by atoms with van der Waals surface area (Å²) in [6.45, 7) is 3.35. The lowest BCUT2D eigenvalue weighted by Crippen LogP contribution is -2.07. The molecule has 0 bridgehead atoms. The van der Waals surface area contributed by atoms with Gasteiger partial charge < -0.3 is 5.32 Å². The second kappa shape index (κ2) is 3.97. The molecule has 1 N–H and O–H groups in total. The molecule has 0 fully saturated rings. The predicted octanol–water partition coefficient (Wildman–Crippen LogP) is 2.10. The number of thiol groups is 1. The third-order valence-electron chi connectivity index (χ3n) is 1.35. The van der Waals surface area contributed by atoms with Crippen LogP contribution in [0.5, 0.6) is 0 Å². The number of nitrogens with one attached hydrogen (secondary N) is 1. The second-order valence-corrected chi connectivity index (χ2v) is 2.69. The minimum absolute atomic E-state index is 0.225. The third-order valence-corrected chi connectivity index (χ3v) is 1.74.